The SMILES string of the molecule is CC(C)c1ncc(SCC2CCCC2)c(C(=O)O)n1. The van der Waals surface area contributed by atoms with Gasteiger partial charge in [-0.25, -0.2) is 14.8 Å². The van der Waals surface area contributed by atoms with Crippen LogP contribution in [0, 0.1) is 5.92 Å². The second-order valence-corrected chi connectivity index (χ2v) is 6.42. The van der Waals surface area contributed by atoms with E-state index in [0.29, 0.717) is 10.7 Å². The van der Waals surface area contributed by atoms with E-state index < -0.39 is 5.97 Å². The van der Waals surface area contributed by atoms with Crippen molar-refractivity contribution in [3.8, 4) is 0 Å². The monoisotopic (exact) mass is 280 g/mol. The fourth-order valence-electron chi connectivity index (χ4n) is 2.31. The Labute approximate surface area is 118 Å². The van der Waals surface area contributed by atoms with E-state index in [1.165, 1.54) is 25.7 Å². The van der Waals surface area contributed by atoms with Crippen LogP contribution in [0.25, 0.3) is 0 Å². The van der Waals surface area contributed by atoms with E-state index in [1.807, 2.05) is 13.8 Å². The van der Waals surface area contributed by atoms with Crippen LogP contribution in [0.2, 0.25) is 0 Å². The molecule has 1 aliphatic carbocycles. The van der Waals surface area contributed by atoms with E-state index in [0.717, 1.165) is 11.7 Å². The highest BCUT2D eigenvalue weighted by molar-refractivity contribution is 7.99. The van der Waals surface area contributed by atoms with Crippen LogP contribution in [-0.2, 0) is 0 Å². The van der Waals surface area contributed by atoms with Gasteiger partial charge in [0.05, 0.1) is 4.90 Å². The number of carboxylic acid groups (broad SMARTS) is 1. The van der Waals surface area contributed by atoms with Crippen molar-refractivity contribution in [2.24, 2.45) is 5.92 Å². The Hall–Kier alpha value is -1.10. The van der Waals surface area contributed by atoms with Gasteiger partial charge in [0, 0.05) is 17.9 Å². The van der Waals surface area contributed by atoms with Crippen molar-refractivity contribution < 1.29 is 9.90 Å². The molecule has 1 fully saturated rings. The number of rotatable bonds is 5. The molecule has 0 aromatic carbocycles. The fraction of sp³-hybridized carbons (Fsp3) is 0.643. The Morgan fingerprint density at radius 1 is 1.47 bits per heavy atom. The van der Waals surface area contributed by atoms with E-state index in [1.54, 1.807) is 18.0 Å². The van der Waals surface area contributed by atoms with Crippen molar-refractivity contribution in [1.29, 1.82) is 0 Å². The first-order valence-corrected chi connectivity index (χ1v) is 7.79. The number of nitrogens with zero attached hydrogens (tertiary/aromatic N) is 2. The molecule has 1 aliphatic rings. The standard InChI is InChI=1S/C14H20N2O2S/c1-9(2)13-15-7-11(12(16-13)14(17)18)19-8-10-5-3-4-6-10/h7,9-10H,3-6,8H2,1-2H3,(H,17,18). The highest BCUT2D eigenvalue weighted by atomic mass is 32.2. The summed E-state index contributed by atoms with van der Waals surface area (Å²) < 4.78 is 0. The van der Waals surface area contributed by atoms with Gasteiger partial charge >= 0.3 is 5.97 Å². The van der Waals surface area contributed by atoms with E-state index in [-0.39, 0.29) is 11.6 Å². The molecule has 0 unspecified atom stereocenters. The normalized spacial score (nSPS) is 16.2. The van der Waals surface area contributed by atoms with Gasteiger partial charge < -0.3 is 5.11 Å². The maximum atomic E-state index is 11.3. The quantitative estimate of drug-likeness (QED) is 0.835. The number of thioether (sulfide) groups is 1. The third kappa shape index (κ3) is 3.69. The molecule has 0 saturated heterocycles. The van der Waals surface area contributed by atoms with Gasteiger partial charge in [0.2, 0.25) is 0 Å². The molecule has 0 amide bonds. The summed E-state index contributed by atoms with van der Waals surface area (Å²) in [5.41, 5.74) is 0.154. The molecule has 1 saturated carbocycles. The zero-order chi connectivity index (χ0) is 13.8. The zero-order valence-corrected chi connectivity index (χ0v) is 12.2. The third-order valence-corrected chi connectivity index (χ3v) is 4.69. The second-order valence-electron chi connectivity index (χ2n) is 5.36. The van der Waals surface area contributed by atoms with E-state index >= 15 is 0 Å². The largest absolute Gasteiger partial charge is 0.476 e. The van der Waals surface area contributed by atoms with Gasteiger partial charge in [0.25, 0.3) is 0 Å². The average molecular weight is 280 g/mol. The van der Waals surface area contributed by atoms with Gasteiger partial charge in [-0.15, -0.1) is 11.8 Å². The molecule has 0 aliphatic heterocycles. The molecular weight excluding hydrogens is 260 g/mol. The summed E-state index contributed by atoms with van der Waals surface area (Å²) in [6.07, 6.45) is 6.81. The highest BCUT2D eigenvalue weighted by Gasteiger charge is 2.19. The molecule has 19 heavy (non-hydrogen) atoms. The molecule has 1 aromatic rings. The zero-order valence-electron chi connectivity index (χ0n) is 11.4. The lowest BCUT2D eigenvalue weighted by Gasteiger charge is -2.11. The van der Waals surface area contributed by atoms with Crippen molar-refractivity contribution in [1.82, 2.24) is 9.97 Å². The van der Waals surface area contributed by atoms with Crippen molar-refractivity contribution in [2.45, 2.75) is 50.3 Å². The smallest absolute Gasteiger partial charge is 0.355 e. The predicted octanol–water partition coefficient (Wildman–Crippen LogP) is 3.58. The second kappa shape index (κ2) is 6.37. The molecule has 0 spiro atoms. The van der Waals surface area contributed by atoms with E-state index in [2.05, 4.69) is 9.97 Å². The number of hydrogen-bond acceptors (Lipinski definition) is 4. The van der Waals surface area contributed by atoms with Gasteiger partial charge in [-0.1, -0.05) is 26.7 Å². The molecule has 1 heterocycles. The first kappa shape index (κ1) is 14.3. The van der Waals surface area contributed by atoms with Crippen LogP contribution < -0.4 is 0 Å². The lowest BCUT2D eigenvalue weighted by molar-refractivity contribution is 0.0685. The molecule has 0 radical (unpaired) electrons. The molecule has 104 valence electrons. The van der Waals surface area contributed by atoms with Gasteiger partial charge in [-0.3, -0.25) is 0 Å². The van der Waals surface area contributed by atoms with Crippen LogP contribution in [0.1, 0.15) is 61.8 Å². The molecular formula is C14H20N2O2S. The van der Waals surface area contributed by atoms with Crippen LogP contribution >= 0.6 is 11.8 Å². The van der Waals surface area contributed by atoms with E-state index in [9.17, 15) is 9.90 Å². The van der Waals surface area contributed by atoms with Crippen molar-refractivity contribution in [3.63, 3.8) is 0 Å². The Bertz CT molecular complexity index is 457. The summed E-state index contributed by atoms with van der Waals surface area (Å²) in [7, 11) is 0. The lowest BCUT2D eigenvalue weighted by Crippen LogP contribution is -2.09. The summed E-state index contributed by atoms with van der Waals surface area (Å²) in [5, 5.41) is 9.26. The van der Waals surface area contributed by atoms with Crippen LogP contribution in [-0.4, -0.2) is 26.8 Å². The lowest BCUT2D eigenvalue weighted by atomic mass is 10.1. The van der Waals surface area contributed by atoms with Gasteiger partial charge in [-0.05, 0) is 18.8 Å². The Kier molecular flexibility index (Phi) is 4.80. The van der Waals surface area contributed by atoms with Crippen LogP contribution in [0.3, 0.4) is 0 Å². The number of aromatic nitrogens is 2. The van der Waals surface area contributed by atoms with Crippen molar-refractivity contribution in [3.05, 3.63) is 17.7 Å². The Morgan fingerprint density at radius 3 is 2.74 bits per heavy atom. The summed E-state index contributed by atoms with van der Waals surface area (Å²) >= 11 is 1.59. The van der Waals surface area contributed by atoms with Gasteiger partial charge in [0.15, 0.2) is 5.69 Å². The number of carbonyl (C=O) groups is 1. The van der Waals surface area contributed by atoms with Crippen molar-refractivity contribution >= 4 is 17.7 Å². The molecule has 0 atom stereocenters. The number of aromatic carboxylic acids is 1. The Balaban J connectivity index is 2.11. The Morgan fingerprint density at radius 2 is 2.16 bits per heavy atom. The minimum Gasteiger partial charge on any atom is -0.476 e. The molecule has 4 nitrogen and oxygen atoms in total. The molecule has 1 aromatic heterocycles. The predicted molar refractivity (Wildman–Crippen MR) is 75.8 cm³/mol. The fourth-order valence-corrected chi connectivity index (χ4v) is 3.45. The van der Waals surface area contributed by atoms with E-state index in [4.69, 9.17) is 0 Å². The minimum atomic E-state index is -0.960. The molecule has 2 rings (SSSR count). The topological polar surface area (TPSA) is 63.1 Å². The van der Waals surface area contributed by atoms with Crippen LogP contribution in [0.5, 0.6) is 0 Å². The minimum absolute atomic E-state index is 0.145. The maximum absolute atomic E-state index is 11.3. The molecule has 1 N–H and O–H groups in total. The van der Waals surface area contributed by atoms with Crippen LogP contribution in [0.4, 0.5) is 0 Å². The summed E-state index contributed by atoms with van der Waals surface area (Å²) in [5.74, 6) is 1.48. The maximum Gasteiger partial charge on any atom is 0.355 e. The highest BCUT2D eigenvalue weighted by Crippen LogP contribution is 2.32. The summed E-state index contributed by atoms with van der Waals surface area (Å²) in [4.78, 5) is 20.4. The van der Waals surface area contributed by atoms with Crippen LogP contribution in [0.15, 0.2) is 11.1 Å². The number of carboxylic acids is 1. The van der Waals surface area contributed by atoms with Gasteiger partial charge in [0.1, 0.15) is 5.82 Å². The molecule has 0 bridgehead atoms. The van der Waals surface area contributed by atoms with Crippen molar-refractivity contribution in [2.75, 3.05) is 5.75 Å². The average Bonchev–Trinajstić information content (AvgIpc) is 2.89. The molecule has 5 heteroatoms. The van der Waals surface area contributed by atoms with Gasteiger partial charge in [-0.2, -0.15) is 0 Å². The first-order chi connectivity index (χ1) is 9.08. The third-order valence-electron chi connectivity index (χ3n) is 3.44. The summed E-state index contributed by atoms with van der Waals surface area (Å²) in [6, 6.07) is 0. The number of hydrogen-bond donors (Lipinski definition) is 1. The summed E-state index contributed by atoms with van der Waals surface area (Å²) in [6.45, 7) is 3.93. The first-order valence-electron chi connectivity index (χ1n) is 6.81.